The van der Waals surface area contributed by atoms with Gasteiger partial charge in [0.2, 0.25) is 0 Å². The van der Waals surface area contributed by atoms with E-state index in [1.807, 2.05) is 12.1 Å². The van der Waals surface area contributed by atoms with Gasteiger partial charge in [0.05, 0.1) is 0 Å². The van der Waals surface area contributed by atoms with Crippen molar-refractivity contribution in [3.63, 3.8) is 0 Å². The highest BCUT2D eigenvalue weighted by Gasteiger charge is 2.25. The molecule has 2 aromatic rings. The van der Waals surface area contributed by atoms with Crippen molar-refractivity contribution in [3.8, 4) is 0 Å². The fourth-order valence-corrected chi connectivity index (χ4v) is 1.94. The van der Waals surface area contributed by atoms with Gasteiger partial charge in [-0.05, 0) is 36.4 Å². The first-order valence-corrected chi connectivity index (χ1v) is 6.38. The lowest BCUT2D eigenvalue weighted by atomic mass is 10.1. The Morgan fingerprint density at radius 2 is 2.00 bits per heavy atom. The lowest BCUT2D eigenvalue weighted by Gasteiger charge is -2.07. The summed E-state index contributed by atoms with van der Waals surface area (Å²) in [5, 5.41) is 3.63. The minimum absolute atomic E-state index is 0.0272. The molecule has 0 unspecified atom stereocenters. The molecule has 2 rings (SSSR count). The van der Waals surface area contributed by atoms with E-state index in [1.165, 1.54) is 0 Å². The minimum Gasteiger partial charge on any atom is -0.361 e. The number of amides is 1. The van der Waals surface area contributed by atoms with Crippen LogP contribution in [0.3, 0.4) is 0 Å². The second-order valence-corrected chi connectivity index (χ2v) is 4.61. The average molecular weight is 284 g/mol. The molecule has 1 amide bonds. The monoisotopic (exact) mass is 284 g/mol. The molecule has 108 valence electrons. The third-order valence-electron chi connectivity index (χ3n) is 2.99. The number of unbranched alkanes of at least 4 members (excludes halogenated alkanes) is 1. The van der Waals surface area contributed by atoms with Crippen molar-refractivity contribution in [1.29, 1.82) is 0 Å². The zero-order valence-corrected chi connectivity index (χ0v) is 10.8. The van der Waals surface area contributed by atoms with Crippen LogP contribution in [-0.2, 0) is 0 Å². The summed E-state index contributed by atoms with van der Waals surface area (Å²) in [4.78, 5) is 14.8. The third kappa shape index (κ3) is 4.01. The van der Waals surface area contributed by atoms with Crippen LogP contribution < -0.4 is 5.32 Å². The fourth-order valence-electron chi connectivity index (χ4n) is 1.94. The Kier molecular flexibility index (Phi) is 4.32. The summed E-state index contributed by atoms with van der Waals surface area (Å²) in [6, 6.07) is 7.14. The van der Waals surface area contributed by atoms with Crippen LogP contribution >= 0.6 is 0 Å². The van der Waals surface area contributed by atoms with Gasteiger partial charge >= 0.3 is 6.18 Å². The minimum atomic E-state index is -4.12. The molecule has 20 heavy (non-hydrogen) atoms. The average Bonchev–Trinajstić information content (AvgIpc) is 2.83. The number of carbonyl (C=O) groups excluding carboxylic acids is 1. The lowest BCUT2D eigenvalue weighted by Crippen LogP contribution is -2.24. The Morgan fingerprint density at radius 1 is 1.20 bits per heavy atom. The molecule has 0 radical (unpaired) electrons. The van der Waals surface area contributed by atoms with E-state index in [4.69, 9.17) is 0 Å². The number of nitrogens with one attached hydrogen (secondary N) is 2. The number of halogens is 3. The first kappa shape index (κ1) is 14.4. The molecular weight excluding hydrogens is 269 g/mol. The fraction of sp³-hybridized carbons (Fsp3) is 0.357. The number of hydrogen-bond donors (Lipinski definition) is 2. The second kappa shape index (κ2) is 5.98. The molecule has 1 aromatic heterocycles. The summed E-state index contributed by atoms with van der Waals surface area (Å²) < 4.78 is 35.8. The highest BCUT2D eigenvalue weighted by atomic mass is 19.4. The maximum Gasteiger partial charge on any atom is 0.389 e. The van der Waals surface area contributed by atoms with Crippen molar-refractivity contribution in [1.82, 2.24) is 10.3 Å². The molecular formula is C14H15F3N2O. The highest BCUT2D eigenvalue weighted by Crippen LogP contribution is 2.21. The summed E-state index contributed by atoms with van der Waals surface area (Å²) >= 11 is 0. The Bertz CT molecular complexity index is 589. The molecule has 0 saturated carbocycles. The van der Waals surface area contributed by atoms with Crippen molar-refractivity contribution in [2.45, 2.75) is 25.4 Å². The quantitative estimate of drug-likeness (QED) is 0.809. The van der Waals surface area contributed by atoms with Crippen LogP contribution in [0.4, 0.5) is 13.2 Å². The molecule has 1 heterocycles. The normalized spacial score (nSPS) is 11.8. The van der Waals surface area contributed by atoms with Crippen molar-refractivity contribution in [2.24, 2.45) is 0 Å². The topological polar surface area (TPSA) is 44.9 Å². The van der Waals surface area contributed by atoms with Crippen LogP contribution in [0.1, 0.15) is 29.6 Å². The zero-order valence-electron chi connectivity index (χ0n) is 10.8. The molecule has 0 aliphatic rings. The lowest BCUT2D eigenvalue weighted by molar-refractivity contribution is -0.135. The maximum atomic E-state index is 11.9. The molecule has 1 aromatic carbocycles. The standard InChI is InChI=1S/C14H15F3N2O/c15-14(16,17)6-1-2-7-19-13(20)11-4-3-10-5-8-18-12(10)9-11/h3-5,8-9,18H,1-2,6-7H2,(H,19,20). The maximum absolute atomic E-state index is 11.9. The van der Waals surface area contributed by atoms with Crippen molar-refractivity contribution >= 4 is 16.8 Å². The summed E-state index contributed by atoms with van der Waals surface area (Å²) in [6.45, 7) is 0.248. The molecule has 0 spiro atoms. The number of carbonyl (C=O) groups is 1. The first-order chi connectivity index (χ1) is 9.46. The van der Waals surface area contributed by atoms with Crippen molar-refractivity contribution in [2.75, 3.05) is 6.54 Å². The van der Waals surface area contributed by atoms with Crippen LogP contribution in [0, 0.1) is 0 Å². The van der Waals surface area contributed by atoms with Gasteiger partial charge < -0.3 is 10.3 Å². The van der Waals surface area contributed by atoms with E-state index in [0.29, 0.717) is 12.0 Å². The van der Waals surface area contributed by atoms with E-state index in [2.05, 4.69) is 10.3 Å². The van der Waals surface area contributed by atoms with Crippen LogP contribution in [0.2, 0.25) is 0 Å². The largest absolute Gasteiger partial charge is 0.389 e. The summed E-state index contributed by atoms with van der Waals surface area (Å²) in [7, 11) is 0. The highest BCUT2D eigenvalue weighted by molar-refractivity contribution is 5.97. The molecule has 0 atom stereocenters. The smallest absolute Gasteiger partial charge is 0.361 e. The van der Waals surface area contributed by atoms with Crippen molar-refractivity contribution < 1.29 is 18.0 Å². The number of hydrogen-bond acceptors (Lipinski definition) is 1. The van der Waals surface area contributed by atoms with E-state index >= 15 is 0 Å². The number of rotatable bonds is 5. The number of H-pyrrole nitrogens is 1. The molecule has 6 heteroatoms. The number of fused-ring (bicyclic) bond motifs is 1. The Balaban J connectivity index is 1.80. The van der Waals surface area contributed by atoms with Gasteiger partial charge in [-0.15, -0.1) is 0 Å². The molecule has 0 bridgehead atoms. The van der Waals surface area contributed by atoms with E-state index in [0.717, 1.165) is 10.9 Å². The number of aromatic nitrogens is 1. The Labute approximate surface area is 114 Å². The van der Waals surface area contributed by atoms with Crippen LogP contribution in [0.5, 0.6) is 0 Å². The number of alkyl halides is 3. The predicted octanol–water partition coefficient (Wildman–Crippen LogP) is 3.63. The van der Waals surface area contributed by atoms with Crippen LogP contribution in [-0.4, -0.2) is 23.6 Å². The van der Waals surface area contributed by atoms with Gasteiger partial charge in [-0.3, -0.25) is 4.79 Å². The molecule has 0 fully saturated rings. The third-order valence-corrected chi connectivity index (χ3v) is 2.99. The van der Waals surface area contributed by atoms with Gasteiger partial charge in [-0.1, -0.05) is 6.07 Å². The summed E-state index contributed by atoms with van der Waals surface area (Å²) in [6.07, 6.45) is -2.81. The molecule has 2 N–H and O–H groups in total. The second-order valence-electron chi connectivity index (χ2n) is 4.61. The summed E-state index contributed by atoms with van der Waals surface area (Å²) in [5.41, 5.74) is 1.35. The van der Waals surface area contributed by atoms with Gasteiger partial charge in [-0.2, -0.15) is 13.2 Å². The van der Waals surface area contributed by atoms with E-state index in [1.54, 1.807) is 18.3 Å². The number of aromatic amines is 1. The van der Waals surface area contributed by atoms with Gasteiger partial charge in [0, 0.05) is 30.2 Å². The molecule has 0 aliphatic heterocycles. The van der Waals surface area contributed by atoms with Gasteiger partial charge in [-0.25, -0.2) is 0 Å². The zero-order chi connectivity index (χ0) is 14.6. The Hall–Kier alpha value is -1.98. The van der Waals surface area contributed by atoms with Crippen LogP contribution in [0.15, 0.2) is 30.5 Å². The van der Waals surface area contributed by atoms with Gasteiger partial charge in [0.15, 0.2) is 0 Å². The molecule has 0 saturated heterocycles. The van der Waals surface area contributed by atoms with Crippen molar-refractivity contribution in [3.05, 3.63) is 36.0 Å². The Morgan fingerprint density at radius 3 is 2.75 bits per heavy atom. The van der Waals surface area contributed by atoms with E-state index in [9.17, 15) is 18.0 Å². The van der Waals surface area contributed by atoms with Crippen LogP contribution in [0.25, 0.3) is 10.9 Å². The first-order valence-electron chi connectivity index (χ1n) is 6.38. The summed E-state index contributed by atoms with van der Waals surface area (Å²) in [5.74, 6) is -0.270. The SMILES string of the molecule is O=C(NCCCCC(F)(F)F)c1ccc2cc[nH]c2c1. The molecule has 3 nitrogen and oxygen atoms in total. The predicted molar refractivity (Wildman–Crippen MR) is 70.5 cm³/mol. The number of benzene rings is 1. The molecule has 0 aliphatic carbocycles. The van der Waals surface area contributed by atoms with Gasteiger partial charge in [0.25, 0.3) is 5.91 Å². The van der Waals surface area contributed by atoms with Gasteiger partial charge in [0.1, 0.15) is 0 Å². The van der Waals surface area contributed by atoms with E-state index < -0.39 is 12.6 Å². The van der Waals surface area contributed by atoms with E-state index in [-0.39, 0.29) is 18.9 Å².